The summed E-state index contributed by atoms with van der Waals surface area (Å²) in [5, 5.41) is 0. The maximum Gasteiger partial charge on any atom is 0.156 e. The van der Waals surface area contributed by atoms with Gasteiger partial charge in [-0.05, 0) is 37.1 Å². The number of nitrogens with two attached hydrogens (primary N) is 1. The van der Waals surface area contributed by atoms with E-state index in [9.17, 15) is 0 Å². The minimum atomic E-state index is 0.721. The van der Waals surface area contributed by atoms with E-state index in [0.717, 1.165) is 48.1 Å². The maximum atomic E-state index is 6.18. The standard InChI is InChI=1S/C15H17N3O/c1-11-7-8-17-15(14(11)16)18-9-4-10-19-13-6-3-2-5-12(13)18/h2-3,5-8H,4,9-10,16H2,1H3. The maximum absolute atomic E-state index is 6.18. The average Bonchev–Trinajstić information content (AvgIpc) is 2.64. The third-order valence-corrected chi connectivity index (χ3v) is 3.38. The van der Waals surface area contributed by atoms with Gasteiger partial charge >= 0.3 is 0 Å². The Labute approximate surface area is 112 Å². The van der Waals surface area contributed by atoms with Crippen molar-refractivity contribution in [3.05, 3.63) is 42.1 Å². The topological polar surface area (TPSA) is 51.4 Å². The van der Waals surface area contributed by atoms with Crippen LogP contribution in [-0.4, -0.2) is 18.1 Å². The summed E-state index contributed by atoms with van der Waals surface area (Å²) in [7, 11) is 0. The van der Waals surface area contributed by atoms with Crippen LogP contribution in [0, 0.1) is 6.92 Å². The molecule has 1 aliphatic rings. The fourth-order valence-electron chi connectivity index (χ4n) is 2.32. The highest BCUT2D eigenvalue weighted by Crippen LogP contribution is 2.37. The molecule has 1 aromatic heterocycles. The molecular weight excluding hydrogens is 238 g/mol. The van der Waals surface area contributed by atoms with Crippen LogP contribution in [-0.2, 0) is 0 Å². The number of nitrogens with zero attached hydrogens (tertiary/aromatic N) is 2. The first-order chi connectivity index (χ1) is 9.27. The van der Waals surface area contributed by atoms with Crippen LogP contribution < -0.4 is 15.4 Å². The summed E-state index contributed by atoms with van der Waals surface area (Å²) >= 11 is 0. The van der Waals surface area contributed by atoms with E-state index in [4.69, 9.17) is 10.5 Å². The molecular formula is C15H17N3O. The molecule has 2 heterocycles. The Bertz CT molecular complexity index is 598. The highest BCUT2D eigenvalue weighted by Gasteiger charge is 2.20. The van der Waals surface area contributed by atoms with Crippen molar-refractivity contribution in [3.63, 3.8) is 0 Å². The highest BCUT2D eigenvalue weighted by molar-refractivity contribution is 5.76. The molecule has 0 spiro atoms. The zero-order valence-corrected chi connectivity index (χ0v) is 11.0. The summed E-state index contributed by atoms with van der Waals surface area (Å²) in [5.74, 6) is 1.71. The van der Waals surface area contributed by atoms with E-state index in [0.29, 0.717) is 0 Å². The smallest absolute Gasteiger partial charge is 0.156 e. The summed E-state index contributed by atoms with van der Waals surface area (Å²) in [6.45, 7) is 3.58. The van der Waals surface area contributed by atoms with Crippen molar-refractivity contribution in [2.75, 3.05) is 23.8 Å². The van der Waals surface area contributed by atoms with Gasteiger partial charge in [0.2, 0.25) is 0 Å². The van der Waals surface area contributed by atoms with Crippen molar-refractivity contribution in [1.82, 2.24) is 4.98 Å². The number of nitrogen functional groups attached to an aromatic ring is 1. The minimum Gasteiger partial charge on any atom is -0.491 e. The van der Waals surface area contributed by atoms with Crippen LogP contribution in [0.3, 0.4) is 0 Å². The molecule has 0 unspecified atom stereocenters. The molecule has 0 amide bonds. The van der Waals surface area contributed by atoms with Gasteiger partial charge in [-0.25, -0.2) is 4.98 Å². The molecule has 1 aliphatic heterocycles. The number of hydrogen-bond acceptors (Lipinski definition) is 4. The molecule has 0 radical (unpaired) electrons. The number of pyridine rings is 1. The molecule has 0 bridgehead atoms. The summed E-state index contributed by atoms with van der Waals surface area (Å²) in [6.07, 6.45) is 2.75. The van der Waals surface area contributed by atoms with Crippen molar-refractivity contribution >= 4 is 17.2 Å². The van der Waals surface area contributed by atoms with Crippen molar-refractivity contribution in [3.8, 4) is 5.75 Å². The van der Waals surface area contributed by atoms with Crippen molar-refractivity contribution in [2.45, 2.75) is 13.3 Å². The number of hydrogen-bond donors (Lipinski definition) is 1. The molecule has 3 rings (SSSR count). The quantitative estimate of drug-likeness (QED) is 0.851. The number of aryl methyl sites for hydroxylation is 1. The first kappa shape index (κ1) is 11.8. The van der Waals surface area contributed by atoms with Gasteiger partial charge < -0.3 is 15.4 Å². The second kappa shape index (κ2) is 4.80. The number of rotatable bonds is 1. The van der Waals surface area contributed by atoms with Crippen molar-refractivity contribution in [2.24, 2.45) is 0 Å². The SMILES string of the molecule is Cc1ccnc(N2CCCOc3ccccc32)c1N. The molecule has 19 heavy (non-hydrogen) atoms. The number of benzene rings is 1. The Morgan fingerprint density at radius 3 is 3.00 bits per heavy atom. The zero-order chi connectivity index (χ0) is 13.2. The molecule has 0 fully saturated rings. The van der Waals surface area contributed by atoms with E-state index in [1.807, 2.05) is 37.3 Å². The van der Waals surface area contributed by atoms with E-state index < -0.39 is 0 Å². The first-order valence-corrected chi connectivity index (χ1v) is 6.48. The van der Waals surface area contributed by atoms with Gasteiger partial charge in [0.15, 0.2) is 5.82 Å². The van der Waals surface area contributed by atoms with Crippen LogP contribution in [0.1, 0.15) is 12.0 Å². The summed E-state index contributed by atoms with van der Waals surface area (Å²) in [5.41, 5.74) is 8.99. The van der Waals surface area contributed by atoms with Gasteiger partial charge in [-0.2, -0.15) is 0 Å². The molecule has 0 saturated heterocycles. The fourth-order valence-corrected chi connectivity index (χ4v) is 2.32. The number of ether oxygens (including phenoxy) is 1. The predicted octanol–water partition coefficient (Wildman–Crippen LogP) is 2.89. The third-order valence-electron chi connectivity index (χ3n) is 3.38. The molecule has 1 aromatic carbocycles. The lowest BCUT2D eigenvalue weighted by atomic mass is 10.2. The van der Waals surface area contributed by atoms with E-state index in [1.165, 1.54) is 0 Å². The minimum absolute atomic E-state index is 0.721. The van der Waals surface area contributed by atoms with Gasteiger partial charge in [0.25, 0.3) is 0 Å². The molecule has 2 aromatic rings. The Kier molecular flexibility index (Phi) is 2.99. The Hall–Kier alpha value is -2.23. The molecule has 0 atom stereocenters. The van der Waals surface area contributed by atoms with Gasteiger partial charge in [0, 0.05) is 12.7 Å². The van der Waals surface area contributed by atoms with Crippen LogP contribution in [0.4, 0.5) is 17.2 Å². The predicted molar refractivity (Wildman–Crippen MR) is 76.9 cm³/mol. The first-order valence-electron chi connectivity index (χ1n) is 6.48. The molecule has 0 saturated carbocycles. The number of fused-ring (bicyclic) bond motifs is 1. The average molecular weight is 255 g/mol. The molecule has 4 nitrogen and oxygen atoms in total. The van der Waals surface area contributed by atoms with Gasteiger partial charge in [-0.15, -0.1) is 0 Å². The van der Waals surface area contributed by atoms with E-state index in [1.54, 1.807) is 6.20 Å². The highest BCUT2D eigenvalue weighted by atomic mass is 16.5. The Balaban J connectivity index is 2.12. The summed E-state index contributed by atoms with van der Waals surface area (Å²) in [6, 6.07) is 9.95. The van der Waals surface area contributed by atoms with Gasteiger partial charge in [-0.1, -0.05) is 12.1 Å². The van der Waals surface area contributed by atoms with Crippen molar-refractivity contribution in [1.29, 1.82) is 0 Å². The second-order valence-electron chi connectivity index (χ2n) is 4.69. The number of aromatic nitrogens is 1. The van der Waals surface area contributed by atoms with Crippen LogP contribution in [0.25, 0.3) is 0 Å². The molecule has 98 valence electrons. The molecule has 0 aliphatic carbocycles. The van der Waals surface area contributed by atoms with Gasteiger partial charge in [0.1, 0.15) is 5.75 Å². The lowest BCUT2D eigenvalue weighted by Crippen LogP contribution is -2.20. The fraction of sp³-hybridized carbons (Fsp3) is 0.267. The second-order valence-corrected chi connectivity index (χ2v) is 4.69. The van der Waals surface area contributed by atoms with Crippen LogP contribution in [0.2, 0.25) is 0 Å². The van der Waals surface area contributed by atoms with Crippen LogP contribution in [0.5, 0.6) is 5.75 Å². The molecule has 4 heteroatoms. The Morgan fingerprint density at radius 1 is 1.26 bits per heavy atom. The van der Waals surface area contributed by atoms with Gasteiger partial charge in [0.05, 0.1) is 18.0 Å². The lowest BCUT2D eigenvalue weighted by Gasteiger charge is -2.24. The lowest BCUT2D eigenvalue weighted by molar-refractivity contribution is 0.322. The normalized spacial score (nSPS) is 14.5. The summed E-state index contributed by atoms with van der Waals surface area (Å²) in [4.78, 5) is 6.59. The van der Waals surface area contributed by atoms with Crippen molar-refractivity contribution < 1.29 is 4.74 Å². The number of anilines is 3. The Morgan fingerprint density at radius 2 is 2.11 bits per heavy atom. The third kappa shape index (κ3) is 2.10. The zero-order valence-electron chi connectivity index (χ0n) is 11.0. The largest absolute Gasteiger partial charge is 0.491 e. The van der Waals surface area contributed by atoms with E-state index >= 15 is 0 Å². The summed E-state index contributed by atoms with van der Waals surface area (Å²) < 4.78 is 5.76. The van der Waals surface area contributed by atoms with Crippen LogP contribution >= 0.6 is 0 Å². The monoisotopic (exact) mass is 255 g/mol. The molecule has 2 N–H and O–H groups in total. The van der Waals surface area contributed by atoms with E-state index in [-0.39, 0.29) is 0 Å². The van der Waals surface area contributed by atoms with Gasteiger partial charge in [-0.3, -0.25) is 0 Å². The van der Waals surface area contributed by atoms with E-state index in [2.05, 4.69) is 9.88 Å². The number of para-hydroxylation sites is 2. The van der Waals surface area contributed by atoms with Crippen LogP contribution in [0.15, 0.2) is 36.5 Å².